The summed E-state index contributed by atoms with van der Waals surface area (Å²) in [7, 11) is 1.59. The average Bonchev–Trinajstić information content (AvgIpc) is 1.90. The van der Waals surface area contributed by atoms with E-state index in [2.05, 4.69) is 0 Å². The van der Waals surface area contributed by atoms with E-state index in [1.54, 1.807) is 13.2 Å². The molecule has 1 aliphatic rings. The van der Waals surface area contributed by atoms with E-state index in [0.29, 0.717) is 12.6 Å². The van der Waals surface area contributed by atoms with Gasteiger partial charge in [-0.25, -0.2) is 0 Å². The SMILES string of the molecule is COC1=CC=CCO1. The molecule has 0 N–H and O–H groups in total. The molecule has 0 aromatic rings. The summed E-state index contributed by atoms with van der Waals surface area (Å²) in [5, 5.41) is 0. The Morgan fingerprint density at radius 1 is 1.75 bits per heavy atom. The molecule has 0 aromatic carbocycles. The predicted octanol–water partition coefficient (Wildman–Crippen LogP) is 1.06. The lowest BCUT2D eigenvalue weighted by molar-refractivity contribution is 0.0743. The Bertz CT molecular complexity index is 124. The molecule has 0 unspecified atom stereocenters. The second-order valence-electron chi connectivity index (χ2n) is 1.43. The minimum atomic E-state index is 0.590. The number of hydrogen-bond donors (Lipinski definition) is 0. The fraction of sp³-hybridized carbons (Fsp3) is 0.333. The summed E-state index contributed by atoms with van der Waals surface area (Å²) in [5.41, 5.74) is 0. The first-order valence-electron chi connectivity index (χ1n) is 2.47. The van der Waals surface area contributed by atoms with Gasteiger partial charge in [-0.05, 0) is 6.08 Å². The van der Waals surface area contributed by atoms with Crippen molar-refractivity contribution in [2.24, 2.45) is 0 Å². The van der Waals surface area contributed by atoms with E-state index in [9.17, 15) is 0 Å². The van der Waals surface area contributed by atoms with Crippen LogP contribution >= 0.6 is 0 Å². The van der Waals surface area contributed by atoms with Crippen LogP contribution in [0, 0.1) is 0 Å². The van der Waals surface area contributed by atoms with Crippen molar-refractivity contribution in [3.05, 3.63) is 24.2 Å². The summed E-state index contributed by atoms with van der Waals surface area (Å²) in [6.07, 6.45) is 5.61. The van der Waals surface area contributed by atoms with E-state index < -0.39 is 0 Å². The third-order valence-electron chi connectivity index (χ3n) is 0.891. The molecule has 1 heterocycles. The number of rotatable bonds is 1. The van der Waals surface area contributed by atoms with Crippen molar-refractivity contribution >= 4 is 0 Å². The molecular weight excluding hydrogens is 104 g/mol. The van der Waals surface area contributed by atoms with Gasteiger partial charge in [-0.3, -0.25) is 0 Å². The zero-order chi connectivity index (χ0) is 5.82. The summed E-state index contributed by atoms with van der Waals surface area (Å²) in [6.45, 7) is 0.625. The third-order valence-corrected chi connectivity index (χ3v) is 0.891. The van der Waals surface area contributed by atoms with E-state index in [4.69, 9.17) is 9.47 Å². The maximum atomic E-state index is 4.98. The molecule has 0 atom stereocenters. The fourth-order valence-corrected chi connectivity index (χ4v) is 0.507. The zero-order valence-corrected chi connectivity index (χ0v) is 4.76. The highest BCUT2D eigenvalue weighted by Gasteiger charge is 1.94. The zero-order valence-electron chi connectivity index (χ0n) is 4.76. The van der Waals surface area contributed by atoms with Crippen LogP contribution in [0.4, 0.5) is 0 Å². The topological polar surface area (TPSA) is 18.5 Å². The monoisotopic (exact) mass is 112 g/mol. The van der Waals surface area contributed by atoms with E-state index in [0.717, 1.165) is 0 Å². The first-order chi connectivity index (χ1) is 3.93. The van der Waals surface area contributed by atoms with E-state index in [1.807, 2.05) is 12.2 Å². The number of allylic oxidation sites excluding steroid dienone is 2. The second-order valence-corrected chi connectivity index (χ2v) is 1.43. The van der Waals surface area contributed by atoms with Crippen molar-refractivity contribution in [1.82, 2.24) is 0 Å². The van der Waals surface area contributed by atoms with E-state index in [-0.39, 0.29) is 0 Å². The van der Waals surface area contributed by atoms with Gasteiger partial charge in [-0.1, -0.05) is 6.08 Å². The van der Waals surface area contributed by atoms with Crippen molar-refractivity contribution in [3.8, 4) is 0 Å². The Morgan fingerprint density at radius 3 is 3.00 bits per heavy atom. The predicted molar refractivity (Wildman–Crippen MR) is 30.2 cm³/mol. The molecule has 8 heavy (non-hydrogen) atoms. The van der Waals surface area contributed by atoms with Gasteiger partial charge in [0.05, 0.1) is 7.11 Å². The number of hydrogen-bond acceptors (Lipinski definition) is 2. The van der Waals surface area contributed by atoms with Gasteiger partial charge < -0.3 is 9.47 Å². The summed E-state index contributed by atoms with van der Waals surface area (Å²) in [5.74, 6) is 0.590. The lowest BCUT2D eigenvalue weighted by Crippen LogP contribution is -1.97. The highest BCUT2D eigenvalue weighted by Crippen LogP contribution is 2.02. The van der Waals surface area contributed by atoms with Crippen molar-refractivity contribution in [3.63, 3.8) is 0 Å². The van der Waals surface area contributed by atoms with Crippen LogP contribution in [-0.2, 0) is 9.47 Å². The van der Waals surface area contributed by atoms with Gasteiger partial charge in [-0.2, -0.15) is 0 Å². The van der Waals surface area contributed by atoms with Crippen LogP contribution in [0.25, 0.3) is 0 Å². The molecule has 0 spiro atoms. The first-order valence-corrected chi connectivity index (χ1v) is 2.47. The van der Waals surface area contributed by atoms with Gasteiger partial charge in [-0.15, -0.1) is 0 Å². The fourth-order valence-electron chi connectivity index (χ4n) is 0.507. The van der Waals surface area contributed by atoms with Gasteiger partial charge >= 0.3 is 0 Å². The van der Waals surface area contributed by atoms with Gasteiger partial charge in [0, 0.05) is 6.08 Å². The smallest absolute Gasteiger partial charge is 0.279 e. The van der Waals surface area contributed by atoms with Crippen LogP contribution in [-0.4, -0.2) is 13.7 Å². The Labute approximate surface area is 48.4 Å². The molecule has 0 bridgehead atoms. The normalized spacial score (nSPS) is 16.9. The standard InChI is InChI=1S/C6H8O2/c1-7-6-4-2-3-5-8-6/h2-4H,5H2,1H3. The Kier molecular flexibility index (Phi) is 1.57. The van der Waals surface area contributed by atoms with Crippen LogP contribution in [0.2, 0.25) is 0 Å². The number of methoxy groups -OCH3 is 1. The van der Waals surface area contributed by atoms with Crippen LogP contribution < -0.4 is 0 Å². The van der Waals surface area contributed by atoms with Crippen molar-refractivity contribution in [2.45, 2.75) is 0 Å². The lowest BCUT2D eigenvalue weighted by atomic mass is 10.4. The molecule has 0 radical (unpaired) electrons. The van der Waals surface area contributed by atoms with Gasteiger partial charge in [0.25, 0.3) is 5.95 Å². The Hall–Kier alpha value is -0.920. The van der Waals surface area contributed by atoms with Crippen LogP contribution in [0.1, 0.15) is 0 Å². The van der Waals surface area contributed by atoms with Gasteiger partial charge in [0.2, 0.25) is 0 Å². The maximum absolute atomic E-state index is 4.98. The molecule has 0 saturated heterocycles. The molecule has 0 fully saturated rings. The van der Waals surface area contributed by atoms with Crippen molar-refractivity contribution in [2.75, 3.05) is 13.7 Å². The van der Waals surface area contributed by atoms with E-state index >= 15 is 0 Å². The van der Waals surface area contributed by atoms with Gasteiger partial charge in [0.1, 0.15) is 6.61 Å². The van der Waals surface area contributed by atoms with Crippen molar-refractivity contribution < 1.29 is 9.47 Å². The van der Waals surface area contributed by atoms with Crippen LogP contribution in [0.5, 0.6) is 0 Å². The third kappa shape index (κ3) is 1.03. The molecule has 1 rings (SSSR count). The summed E-state index contributed by atoms with van der Waals surface area (Å²) in [4.78, 5) is 0. The number of ether oxygens (including phenoxy) is 2. The first kappa shape index (κ1) is 5.22. The molecule has 2 nitrogen and oxygen atoms in total. The Balaban J connectivity index is 2.50. The highest BCUT2D eigenvalue weighted by atomic mass is 16.7. The molecule has 44 valence electrons. The largest absolute Gasteiger partial charge is 0.469 e. The average molecular weight is 112 g/mol. The van der Waals surface area contributed by atoms with Crippen LogP contribution in [0.3, 0.4) is 0 Å². The maximum Gasteiger partial charge on any atom is 0.279 e. The highest BCUT2D eigenvalue weighted by molar-refractivity contribution is 5.07. The van der Waals surface area contributed by atoms with Crippen LogP contribution in [0.15, 0.2) is 24.2 Å². The molecule has 0 saturated carbocycles. The molecule has 0 amide bonds. The summed E-state index contributed by atoms with van der Waals surface area (Å²) >= 11 is 0. The minimum absolute atomic E-state index is 0.590. The molecular formula is C6H8O2. The molecule has 0 aliphatic carbocycles. The minimum Gasteiger partial charge on any atom is -0.469 e. The summed E-state index contributed by atoms with van der Waals surface area (Å²) < 4.78 is 9.76. The summed E-state index contributed by atoms with van der Waals surface area (Å²) in [6, 6.07) is 0. The second kappa shape index (κ2) is 2.40. The Morgan fingerprint density at radius 2 is 2.62 bits per heavy atom. The lowest BCUT2D eigenvalue weighted by Gasteiger charge is -2.07. The molecule has 0 aromatic heterocycles. The van der Waals surface area contributed by atoms with Crippen molar-refractivity contribution in [1.29, 1.82) is 0 Å². The van der Waals surface area contributed by atoms with E-state index in [1.165, 1.54) is 0 Å². The quantitative estimate of drug-likeness (QED) is 0.505. The molecule has 2 heteroatoms. The van der Waals surface area contributed by atoms with Gasteiger partial charge in [0.15, 0.2) is 0 Å². The molecule has 1 aliphatic heterocycles.